The van der Waals surface area contributed by atoms with Crippen LogP contribution in [0.5, 0.6) is 0 Å². The number of hydrogen-bond donors (Lipinski definition) is 3. The third-order valence-corrected chi connectivity index (χ3v) is 3.61. The second-order valence-electron chi connectivity index (χ2n) is 3.81. The summed E-state index contributed by atoms with van der Waals surface area (Å²) in [5, 5.41) is 20.1. The van der Waals surface area contributed by atoms with Crippen LogP contribution in [0.1, 0.15) is 6.92 Å². The number of carbonyl (C=O) groups excluding carboxylic acids is 1. The number of hydrogen-bond acceptors (Lipinski definition) is 4. The first kappa shape index (κ1) is 15.8. The first-order chi connectivity index (χ1) is 8.90. The highest BCUT2D eigenvalue weighted by atomic mass is 35.5. The molecule has 1 amide bonds. The van der Waals surface area contributed by atoms with Gasteiger partial charge in [-0.3, -0.25) is 4.79 Å². The van der Waals surface area contributed by atoms with Crippen LogP contribution in [0.2, 0.25) is 5.02 Å². The van der Waals surface area contributed by atoms with E-state index in [0.29, 0.717) is 5.02 Å². The number of rotatable bonds is 6. The van der Waals surface area contributed by atoms with Gasteiger partial charge in [0.1, 0.15) is 0 Å². The Morgan fingerprint density at radius 1 is 1.37 bits per heavy atom. The van der Waals surface area contributed by atoms with Crippen LogP contribution in [0.15, 0.2) is 29.2 Å². The molecule has 0 bridgehead atoms. The molecule has 2 atom stereocenters. The van der Waals surface area contributed by atoms with Crippen molar-refractivity contribution in [2.24, 2.45) is 0 Å². The van der Waals surface area contributed by atoms with Gasteiger partial charge in [0.2, 0.25) is 5.91 Å². The zero-order valence-electron chi connectivity index (χ0n) is 10.2. The summed E-state index contributed by atoms with van der Waals surface area (Å²) in [4.78, 5) is 22.9. The molecular weight excluding hydrogens is 290 g/mol. The van der Waals surface area contributed by atoms with Gasteiger partial charge in [0.15, 0.2) is 6.10 Å². The van der Waals surface area contributed by atoms with E-state index in [1.165, 1.54) is 11.8 Å². The maximum atomic E-state index is 11.7. The highest BCUT2D eigenvalue weighted by Gasteiger charge is 2.18. The fourth-order valence-corrected chi connectivity index (χ4v) is 2.22. The van der Waals surface area contributed by atoms with Crippen molar-refractivity contribution in [2.75, 3.05) is 6.54 Å². The number of halogens is 1. The van der Waals surface area contributed by atoms with E-state index in [0.717, 1.165) is 4.90 Å². The van der Waals surface area contributed by atoms with E-state index < -0.39 is 17.3 Å². The number of aliphatic hydroxyl groups is 1. The molecule has 0 aliphatic carbocycles. The number of aliphatic carboxylic acids is 1. The largest absolute Gasteiger partial charge is 0.479 e. The van der Waals surface area contributed by atoms with Crippen molar-refractivity contribution in [3.05, 3.63) is 29.3 Å². The first-order valence-corrected chi connectivity index (χ1v) is 6.76. The lowest BCUT2D eigenvalue weighted by molar-refractivity contribution is -0.146. The number of carboxylic acid groups (broad SMARTS) is 1. The van der Waals surface area contributed by atoms with Crippen LogP contribution >= 0.6 is 23.4 Å². The van der Waals surface area contributed by atoms with E-state index in [1.54, 1.807) is 31.2 Å². The van der Waals surface area contributed by atoms with Crippen LogP contribution in [-0.4, -0.2) is 40.0 Å². The zero-order chi connectivity index (χ0) is 14.4. The highest BCUT2D eigenvalue weighted by molar-refractivity contribution is 8.00. The van der Waals surface area contributed by atoms with Gasteiger partial charge in [-0.15, -0.1) is 11.8 Å². The van der Waals surface area contributed by atoms with E-state index >= 15 is 0 Å². The molecule has 0 fully saturated rings. The molecule has 104 valence electrons. The summed E-state index contributed by atoms with van der Waals surface area (Å²) in [5.74, 6) is -1.70. The van der Waals surface area contributed by atoms with Crippen molar-refractivity contribution in [1.29, 1.82) is 0 Å². The summed E-state index contributed by atoms with van der Waals surface area (Å²) in [6, 6.07) is 7.04. The van der Waals surface area contributed by atoms with Gasteiger partial charge in [-0.25, -0.2) is 4.79 Å². The van der Waals surface area contributed by atoms with E-state index in [4.69, 9.17) is 21.8 Å². The van der Waals surface area contributed by atoms with Crippen LogP contribution in [0.25, 0.3) is 0 Å². The molecule has 0 aromatic heterocycles. The molecule has 2 unspecified atom stereocenters. The molecule has 0 aliphatic heterocycles. The summed E-state index contributed by atoms with van der Waals surface area (Å²) >= 11 is 7.07. The molecular formula is C12H14ClNO4S. The van der Waals surface area contributed by atoms with Crippen molar-refractivity contribution in [2.45, 2.75) is 23.2 Å². The Labute approximate surface area is 120 Å². The quantitative estimate of drug-likeness (QED) is 0.691. The Morgan fingerprint density at radius 3 is 2.47 bits per heavy atom. The monoisotopic (exact) mass is 303 g/mol. The number of nitrogens with one attached hydrogen (secondary N) is 1. The molecule has 5 nitrogen and oxygen atoms in total. The van der Waals surface area contributed by atoms with Gasteiger partial charge in [0.05, 0.1) is 11.8 Å². The molecule has 0 saturated heterocycles. The van der Waals surface area contributed by atoms with Gasteiger partial charge in [-0.05, 0) is 31.2 Å². The maximum absolute atomic E-state index is 11.7. The second-order valence-corrected chi connectivity index (χ2v) is 5.66. The normalized spacial score (nSPS) is 13.6. The predicted molar refractivity (Wildman–Crippen MR) is 73.4 cm³/mol. The summed E-state index contributed by atoms with van der Waals surface area (Å²) < 4.78 is 0. The van der Waals surface area contributed by atoms with Crippen molar-refractivity contribution >= 4 is 35.2 Å². The zero-order valence-corrected chi connectivity index (χ0v) is 11.7. The first-order valence-electron chi connectivity index (χ1n) is 5.51. The standard InChI is InChI=1S/C12H14ClNO4S/c1-7(11(16)14-6-10(15)12(17)18)19-9-4-2-8(13)3-5-9/h2-5,7,10,15H,6H2,1H3,(H,14,16)(H,17,18). The minimum atomic E-state index is -1.59. The number of carbonyl (C=O) groups is 2. The summed E-state index contributed by atoms with van der Waals surface area (Å²) in [6.45, 7) is 1.39. The molecule has 7 heteroatoms. The Balaban J connectivity index is 2.44. The molecule has 0 aliphatic rings. The number of benzene rings is 1. The molecule has 3 N–H and O–H groups in total. The van der Waals surface area contributed by atoms with E-state index in [1.807, 2.05) is 0 Å². The van der Waals surface area contributed by atoms with Gasteiger partial charge < -0.3 is 15.5 Å². The topological polar surface area (TPSA) is 86.6 Å². The van der Waals surface area contributed by atoms with Crippen molar-refractivity contribution < 1.29 is 19.8 Å². The van der Waals surface area contributed by atoms with Crippen molar-refractivity contribution in [3.63, 3.8) is 0 Å². The molecule has 19 heavy (non-hydrogen) atoms. The predicted octanol–water partition coefficient (Wildman–Crippen LogP) is 1.38. The third-order valence-electron chi connectivity index (χ3n) is 2.25. The molecule has 0 radical (unpaired) electrons. The SMILES string of the molecule is CC(Sc1ccc(Cl)cc1)C(=O)NCC(O)C(=O)O. The van der Waals surface area contributed by atoms with Crippen LogP contribution < -0.4 is 5.32 Å². The number of amides is 1. The van der Waals surface area contributed by atoms with E-state index in [2.05, 4.69) is 5.32 Å². The third kappa shape index (κ3) is 5.50. The number of aliphatic hydroxyl groups excluding tert-OH is 1. The average molecular weight is 304 g/mol. The van der Waals surface area contributed by atoms with Crippen LogP contribution in [0, 0.1) is 0 Å². The lowest BCUT2D eigenvalue weighted by Gasteiger charge is -2.13. The van der Waals surface area contributed by atoms with Gasteiger partial charge in [-0.2, -0.15) is 0 Å². The molecule has 1 rings (SSSR count). The molecule has 0 spiro atoms. The molecule has 1 aromatic rings. The summed E-state index contributed by atoms with van der Waals surface area (Å²) in [5.41, 5.74) is 0. The molecule has 0 saturated carbocycles. The molecule has 1 aromatic carbocycles. The summed E-state index contributed by atoms with van der Waals surface area (Å²) in [7, 11) is 0. The van der Waals surface area contributed by atoms with Crippen molar-refractivity contribution in [1.82, 2.24) is 5.32 Å². The lowest BCUT2D eigenvalue weighted by Crippen LogP contribution is -2.39. The Bertz CT molecular complexity index is 452. The van der Waals surface area contributed by atoms with Gasteiger partial charge >= 0.3 is 5.97 Å². The minimum absolute atomic E-state index is 0.306. The highest BCUT2D eigenvalue weighted by Crippen LogP contribution is 2.24. The number of carboxylic acids is 1. The van der Waals surface area contributed by atoms with Crippen LogP contribution in [0.4, 0.5) is 0 Å². The lowest BCUT2D eigenvalue weighted by atomic mass is 10.3. The van der Waals surface area contributed by atoms with Crippen LogP contribution in [-0.2, 0) is 9.59 Å². The fraction of sp³-hybridized carbons (Fsp3) is 0.333. The van der Waals surface area contributed by atoms with Crippen molar-refractivity contribution in [3.8, 4) is 0 Å². The maximum Gasteiger partial charge on any atom is 0.334 e. The minimum Gasteiger partial charge on any atom is -0.479 e. The van der Waals surface area contributed by atoms with Gasteiger partial charge in [0, 0.05) is 9.92 Å². The van der Waals surface area contributed by atoms with Gasteiger partial charge in [0.25, 0.3) is 0 Å². The van der Waals surface area contributed by atoms with E-state index in [9.17, 15) is 9.59 Å². The van der Waals surface area contributed by atoms with Gasteiger partial charge in [-0.1, -0.05) is 11.6 Å². The Hall–Kier alpha value is -1.24. The summed E-state index contributed by atoms with van der Waals surface area (Å²) in [6.07, 6.45) is -1.59. The fourth-order valence-electron chi connectivity index (χ4n) is 1.20. The molecule has 0 heterocycles. The van der Waals surface area contributed by atoms with E-state index in [-0.39, 0.29) is 12.5 Å². The Morgan fingerprint density at radius 2 is 1.95 bits per heavy atom. The Kier molecular flexibility index (Phi) is 6.14. The number of thioether (sulfide) groups is 1. The van der Waals surface area contributed by atoms with Crippen LogP contribution in [0.3, 0.4) is 0 Å². The second kappa shape index (κ2) is 7.37. The smallest absolute Gasteiger partial charge is 0.334 e. The average Bonchev–Trinajstić information content (AvgIpc) is 2.37.